The van der Waals surface area contributed by atoms with Gasteiger partial charge in [-0.25, -0.2) is 9.37 Å². The number of pyridine rings is 1. The molecule has 30 heavy (non-hydrogen) atoms. The molecule has 3 rings (SSSR count). The second kappa shape index (κ2) is 8.27. The number of carbonyl (C=O) groups is 3. The first-order chi connectivity index (χ1) is 14.3. The summed E-state index contributed by atoms with van der Waals surface area (Å²) in [6.45, 7) is 1.90. The summed E-state index contributed by atoms with van der Waals surface area (Å²) in [6, 6.07) is 5.20. The van der Waals surface area contributed by atoms with Crippen molar-refractivity contribution in [3.8, 4) is 5.88 Å². The second-order valence-electron chi connectivity index (χ2n) is 6.34. The third kappa shape index (κ3) is 3.15. The Morgan fingerprint density at radius 1 is 1.23 bits per heavy atom. The van der Waals surface area contributed by atoms with Crippen molar-refractivity contribution in [1.82, 2.24) is 4.98 Å². The van der Waals surface area contributed by atoms with Crippen LogP contribution in [-0.2, 0) is 29.3 Å². The van der Waals surface area contributed by atoms with Crippen molar-refractivity contribution in [3.63, 3.8) is 0 Å². The van der Waals surface area contributed by atoms with E-state index in [-0.39, 0.29) is 34.3 Å². The third-order valence-electron chi connectivity index (χ3n) is 4.88. The zero-order valence-electron chi connectivity index (χ0n) is 16.3. The molecule has 8 nitrogen and oxygen atoms in total. The summed E-state index contributed by atoms with van der Waals surface area (Å²) >= 11 is 5.99. The first-order valence-corrected chi connectivity index (χ1v) is 9.25. The van der Waals surface area contributed by atoms with Gasteiger partial charge >= 0.3 is 11.9 Å². The van der Waals surface area contributed by atoms with E-state index in [0.29, 0.717) is 0 Å². The van der Waals surface area contributed by atoms with Gasteiger partial charge in [0.25, 0.3) is 0 Å². The molecule has 1 aliphatic heterocycles. The Labute approximate surface area is 176 Å². The van der Waals surface area contributed by atoms with Gasteiger partial charge in [0.15, 0.2) is 5.92 Å². The first-order valence-electron chi connectivity index (χ1n) is 8.87. The van der Waals surface area contributed by atoms with E-state index < -0.39 is 35.0 Å². The number of nitrogens with zero attached hydrogens (tertiary/aromatic N) is 1. The molecular formula is C20H18ClFN2O6. The van der Waals surface area contributed by atoms with E-state index in [1.54, 1.807) is 6.92 Å². The van der Waals surface area contributed by atoms with E-state index in [2.05, 4.69) is 10.3 Å². The summed E-state index contributed by atoms with van der Waals surface area (Å²) in [5.74, 6) is -5.39. The maximum atomic E-state index is 14.1. The van der Waals surface area contributed by atoms with Crippen molar-refractivity contribution in [2.75, 3.05) is 26.1 Å². The van der Waals surface area contributed by atoms with Gasteiger partial charge in [-0.3, -0.25) is 14.4 Å². The molecule has 0 spiro atoms. The summed E-state index contributed by atoms with van der Waals surface area (Å²) < 4.78 is 29.3. The van der Waals surface area contributed by atoms with E-state index in [1.807, 2.05) is 0 Å². The molecule has 158 valence electrons. The number of nitrogens with one attached hydrogen (secondary N) is 1. The van der Waals surface area contributed by atoms with E-state index in [0.717, 1.165) is 20.3 Å². The predicted octanol–water partition coefficient (Wildman–Crippen LogP) is 2.47. The van der Waals surface area contributed by atoms with Crippen LogP contribution in [0.1, 0.15) is 18.1 Å². The number of hydrogen-bond acceptors (Lipinski definition) is 7. The van der Waals surface area contributed by atoms with Crippen molar-refractivity contribution in [2.24, 2.45) is 5.92 Å². The number of methoxy groups -OCH3 is 2. The molecule has 0 saturated heterocycles. The molecule has 0 saturated carbocycles. The fourth-order valence-corrected chi connectivity index (χ4v) is 3.82. The molecule has 0 aliphatic carbocycles. The number of esters is 2. The quantitative estimate of drug-likeness (QED) is 0.548. The predicted molar refractivity (Wildman–Crippen MR) is 104 cm³/mol. The van der Waals surface area contributed by atoms with Crippen LogP contribution in [0.25, 0.3) is 0 Å². The highest BCUT2D eigenvalue weighted by atomic mass is 35.5. The van der Waals surface area contributed by atoms with Gasteiger partial charge in [-0.15, -0.1) is 0 Å². The van der Waals surface area contributed by atoms with Crippen LogP contribution in [0.4, 0.5) is 10.1 Å². The summed E-state index contributed by atoms with van der Waals surface area (Å²) in [5, 5.41) is 2.23. The SMILES string of the molecule is CCOc1ncccc1C1(C(C(=O)OC)C(=O)OC)C(=O)Nc2cc(F)c(Cl)cc21. The Morgan fingerprint density at radius 3 is 2.50 bits per heavy atom. The van der Waals surface area contributed by atoms with Gasteiger partial charge in [-0.1, -0.05) is 17.7 Å². The molecule has 0 bridgehead atoms. The molecule has 1 unspecified atom stereocenters. The molecule has 1 aromatic carbocycles. The van der Waals surface area contributed by atoms with Gasteiger partial charge in [0, 0.05) is 17.4 Å². The second-order valence-corrected chi connectivity index (χ2v) is 6.75. The van der Waals surface area contributed by atoms with Gasteiger partial charge in [-0.2, -0.15) is 0 Å². The topological polar surface area (TPSA) is 104 Å². The largest absolute Gasteiger partial charge is 0.478 e. The number of ether oxygens (including phenoxy) is 3. The van der Waals surface area contributed by atoms with Crippen LogP contribution in [0.2, 0.25) is 5.02 Å². The molecular weight excluding hydrogens is 419 g/mol. The van der Waals surface area contributed by atoms with Crippen LogP contribution in [-0.4, -0.2) is 43.7 Å². The number of anilines is 1. The number of benzene rings is 1. The minimum Gasteiger partial charge on any atom is -0.478 e. The fraction of sp³-hybridized carbons (Fsp3) is 0.300. The number of carbonyl (C=O) groups excluding carboxylic acids is 3. The van der Waals surface area contributed by atoms with Gasteiger partial charge in [-0.05, 0) is 30.7 Å². The Bertz CT molecular complexity index is 1010. The first kappa shape index (κ1) is 21.5. The molecule has 1 aromatic heterocycles. The van der Waals surface area contributed by atoms with Crippen LogP contribution in [0.15, 0.2) is 30.5 Å². The van der Waals surface area contributed by atoms with Crippen LogP contribution in [0.5, 0.6) is 5.88 Å². The third-order valence-corrected chi connectivity index (χ3v) is 5.17. The maximum absolute atomic E-state index is 14.1. The van der Waals surface area contributed by atoms with Crippen LogP contribution in [0.3, 0.4) is 0 Å². The number of halogens is 2. The Balaban J connectivity index is 2.46. The average Bonchev–Trinajstić information content (AvgIpc) is 3.00. The minimum atomic E-state index is -2.02. The summed E-state index contributed by atoms with van der Waals surface area (Å²) in [6.07, 6.45) is 1.43. The lowest BCUT2D eigenvalue weighted by Gasteiger charge is -2.33. The van der Waals surface area contributed by atoms with Gasteiger partial charge in [0.1, 0.15) is 11.2 Å². The van der Waals surface area contributed by atoms with E-state index in [9.17, 15) is 18.8 Å². The maximum Gasteiger partial charge on any atom is 0.321 e. The lowest BCUT2D eigenvalue weighted by atomic mass is 9.66. The molecule has 0 radical (unpaired) electrons. The number of fused-ring (bicyclic) bond motifs is 1. The zero-order valence-corrected chi connectivity index (χ0v) is 17.1. The van der Waals surface area contributed by atoms with Crippen molar-refractivity contribution >= 4 is 35.1 Å². The summed E-state index contributed by atoms with van der Waals surface area (Å²) in [7, 11) is 2.15. The van der Waals surface area contributed by atoms with Crippen molar-refractivity contribution < 1.29 is 33.0 Å². The number of amides is 1. The molecule has 10 heteroatoms. The zero-order chi connectivity index (χ0) is 22.1. The van der Waals surface area contributed by atoms with E-state index in [4.69, 9.17) is 25.8 Å². The van der Waals surface area contributed by atoms with Gasteiger partial charge in [0.05, 0.1) is 25.8 Å². The minimum absolute atomic E-state index is 0.0150. The highest BCUT2D eigenvalue weighted by Crippen LogP contribution is 2.51. The number of rotatable bonds is 6. The lowest BCUT2D eigenvalue weighted by Crippen LogP contribution is -2.51. The molecule has 2 aromatic rings. The van der Waals surface area contributed by atoms with Gasteiger partial charge < -0.3 is 19.5 Å². The highest BCUT2D eigenvalue weighted by Gasteiger charge is 2.62. The summed E-state index contributed by atoms with van der Waals surface area (Å²) in [5.41, 5.74) is -1.78. The molecule has 1 atom stereocenters. The Kier molecular flexibility index (Phi) is 5.93. The Hall–Kier alpha value is -3.20. The number of aromatic nitrogens is 1. The molecule has 2 heterocycles. The molecule has 1 aliphatic rings. The van der Waals surface area contributed by atoms with Crippen LogP contribution < -0.4 is 10.1 Å². The Morgan fingerprint density at radius 2 is 1.90 bits per heavy atom. The average molecular weight is 437 g/mol. The smallest absolute Gasteiger partial charge is 0.321 e. The lowest BCUT2D eigenvalue weighted by molar-refractivity contribution is -0.163. The fourth-order valence-electron chi connectivity index (χ4n) is 3.66. The van der Waals surface area contributed by atoms with E-state index >= 15 is 0 Å². The molecule has 1 amide bonds. The van der Waals surface area contributed by atoms with Crippen LogP contribution in [0, 0.1) is 11.7 Å². The monoisotopic (exact) mass is 436 g/mol. The number of hydrogen-bond donors (Lipinski definition) is 1. The van der Waals surface area contributed by atoms with Crippen molar-refractivity contribution in [1.29, 1.82) is 0 Å². The summed E-state index contributed by atoms with van der Waals surface area (Å²) in [4.78, 5) is 43.1. The highest BCUT2D eigenvalue weighted by molar-refractivity contribution is 6.31. The standard InChI is InChI=1S/C20H18ClFN2O6/c1-4-30-16-10(6-5-7-23-16)20(15(17(25)28-2)18(26)29-3)11-8-12(21)13(22)9-14(11)24-19(20)27/h5-9,15H,4H2,1-3H3,(H,24,27). The van der Waals surface area contributed by atoms with E-state index in [1.165, 1.54) is 24.4 Å². The van der Waals surface area contributed by atoms with Crippen molar-refractivity contribution in [2.45, 2.75) is 12.3 Å². The normalized spacial score (nSPS) is 17.3. The molecule has 0 fully saturated rings. The van der Waals surface area contributed by atoms with Crippen molar-refractivity contribution in [3.05, 3.63) is 52.4 Å². The molecule has 1 N–H and O–H groups in total. The van der Waals surface area contributed by atoms with Gasteiger partial charge in [0.2, 0.25) is 11.8 Å². The van der Waals surface area contributed by atoms with Crippen LogP contribution >= 0.6 is 11.6 Å².